The van der Waals surface area contributed by atoms with E-state index in [2.05, 4.69) is 15.9 Å². The molecule has 0 saturated heterocycles. The van der Waals surface area contributed by atoms with Crippen molar-refractivity contribution in [3.8, 4) is 5.75 Å². The molecule has 0 atom stereocenters. The zero-order valence-corrected chi connectivity index (χ0v) is 16.6. The number of rotatable bonds is 6. The number of halogens is 1. The van der Waals surface area contributed by atoms with E-state index in [1.165, 1.54) is 4.31 Å². The number of ether oxygens (including phenoxy) is 1. The van der Waals surface area contributed by atoms with Crippen molar-refractivity contribution in [3.05, 3.63) is 88.9 Å². The van der Waals surface area contributed by atoms with Gasteiger partial charge in [-0.1, -0.05) is 46.3 Å². The van der Waals surface area contributed by atoms with Gasteiger partial charge in [0, 0.05) is 4.47 Å². The number of hydrogen-bond donors (Lipinski definition) is 0. The van der Waals surface area contributed by atoms with E-state index in [1.807, 2.05) is 30.3 Å². The van der Waals surface area contributed by atoms with Crippen LogP contribution in [0.25, 0.3) is 0 Å². The van der Waals surface area contributed by atoms with Crippen LogP contribution in [0, 0.1) is 0 Å². The normalized spacial score (nSPS) is 11.2. The highest BCUT2D eigenvalue weighted by atomic mass is 79.9. The van der Waals surface area contributed by atoms with E-state index in [0.29, 0.717) is 11.4 Å². The fourth-order valence-corrected chi connectivity index (χ4v) is 4.26. The van der Waals surface area contributed by atoms with Gasteiger partial charge in [-0.25, -0.2) is 8.42 Å². The summed E-state index contributed by atoms with van der Waals surface area (Å²) >= 11 is 3.34. The molecular weight excluding hydrogens is 414 g/mol. The first-order valence-electron chi connectivity index (χ1n) is 7.97. The molecule has 26 heavy (non-hydrogen) atoms. The molecule has 0 spiro atoms. The lowest BCUT2D eigenvalue weighted by Crippen LogP contribution is -2.30. The maximum absolute atomic E-state index is 13.3. The van der Waals surface area contributed by atoms with Gasteiger partial charge in [-0.2, -0.15) is 0 Å². The topological polar surface area (TPSA) is 46.6 Å². The Labute approximate surface area is 162 Å². The minimum absolute atomic E-state index is 0.242. The first-order valence-corrected chi connectivity index (χ1v) is 10.2. The Kier molecular flexibility index (Phi) is 5.64. The second-order valence-corrected chi connectivity index (χ2v) is 8.43. The minimum atomic E-state index is -3.72. The van der Waals surface area contributed by atoms with Gasteiger partial charge in [0.2, 0.25) is 0 Å². The van der Waals surface area contributed by atoms with Crippen LogP contribution >= 0.6 is 15.9 Å². The second-order valence-electron chi connectivity index (χ2n) is 5.65. The van der Waals surface area contributed by atoms with Crippen molar-refractivity contribution in [1.82, 2.24) is 0 Å². The Bertz CT molecular complexity index is 956. The second kappa shape index (κ2) is 7.93. The molecule has 0 aromatic heterocycles. The third-order valence-electron chi connectivity index (χ3n) is 3.93. The standard InChI is InChI=1S/C20H18BrNO3S/c1-25-19-11-9-18(10-12-19)22(15-16-5-3-2-4-6-16)26(23,24)20-13-7-17(21)8-14-20/h2-14H,15H2,1H3. The summed E-state index contributed by atoms with van der Waals surface area (Å²) in [5.74, 6) is 0.675. The third kappa shape index (κ3) is 4.08. The number of hydrogen-bond acceptors (Lipinski definition) is 3. The summed E-state index contributed by atoms with van der Waals surface area (Å²) in [6.07, 6.45) is 0. The molecule has 0 amide bonds. The van der Waals surface area contributed by atoms with Gasteiger partial charge in [-0.15, -0.1) is 0 Å². The fourth-order valence-electron chi connectivity index (χ4n) is 2.55. The highest BCUT2D eigenvalue weighted by Crippen LogP contribution is 2.28. The molecule has 0 N–H and O–H groups in total. The summed E-state index contributed by atoms with van der Waals surface area (Å²) < 4.78 is 34.0. The Hall–Kier alpha value is -2.31. The molecule has 0 heterocycles. The zero-order valence-electron chi connectivity index (χ0n) is 14.2. The molecule has 0 saturated carbocycles. The highest BCUT2D eigenvalue weighted by Gasteiger charge is 2.25. The molecular formula is C20H18BrNO3S. The molecule has 3 aromatic carbocycles. The third-order valence-corrected chi connectivity index (χ3v) is 6.25. The van der Waals surface area contributed by atoms with Gasteiger partial charge < -0.3 is 4.74 Å². The molecule has 0 unspecified atom stereocenters. The number of methoxy groups -OCH3 is 1. The lowest BCUT2D eigenvalue weighted by molar-refractivity contribution is 0.415. The van der Waals surface area contributed by atoms with Crippen LogP contribution < -0.4 is 9.04 Å². The number of benzene rings is 3. The van der Waals surface area contributed by atoms with Gasteiger partial charge in [0.25, 0.3) is 10.0 Å². The molecule has 4 nitrogen and oxygen atoms in total. The molecule has 0 aliphatic rings. The summed E-state index contributed by atoms with van der Waals surface area (Å²) in [6.45, 7) is 0.242. The van der Waals surface area contributed by atoms with Gasteiger partial charge >= 0.3 is 0 Å². The van der Waals surface area contributed by atoms with Crippen LogP contribution in [-0.2, 0) is 16.6 Å². The van der Waals surface area contributed by atoms with Gasteiger partial charge in [-0.05, 0) is 54.1 Å². The summed E-state index contributed by atoms with van der Waals surface area (Å²) in [5, 5.41) is 0. The maximum atomic E-state index is 13.3. The van der Waals surface area contributed by atoms with E-state index in [1.54, 1.807) is 55.6 Å². The van der Waals surface area contributed by atoms with E-state index in [0.717, 1.165) is 10.0 Å². The van der Waals surface area contributed by atoms with Crippen LogP contribution in [0.2, 0.25) is 0 Å². The molecule has 0 radical (unpaired) electrons. The van der Waals surface area contributed by atoms with Crippen LogP contribution in [0.1, 0.15) is 5.56 Å². The van der Waals surface area contributed by atoms with Crippen molar-refractivity contribution in [2.75, 3.05) is 11.4 Å². The quantitative estimate of drug-likeness (QED) is 0.559. The molecule has 0 aliphatic heterocycles. The molecule has 6 heteroatoms. The lowest BCUT2D eigenvalue weighted by Gasteiger charge is -2.25. The van der Waals surface area contributed by atoms with Crippen LogP contribution in [0.15, 0.2) is 88.2 Å². The number of nitrogens with zero attached hydrogens (tertiary/aromatic N) is 1. The summed E-state index contributed by atoms with van der Waals surface area (Å²) in [5.41, 5.74) is 1.49. The minimum Gasteiger partial charge on any atom is -0.497 e. The predicted molar refractivity (Wildman–Crippen MR) is 107 cm³/mol. The summed E-state index contributed by atoms with van der Waals surface area (Å²) in [6, 6.07) is 23.2. The van der Waals surface area contributed by atoms with E-state index in [4.69, 9.17) is 4.74 Å². The van der Waals surface area contributed by atoms with E-state index in [-0.39, 0.29) is 11.4 Å². The first kappa shape index (κ1) is 18.5. The Balaban J connectivity index is 2.05. The Morgan fingerprint density at radius 2 is 1.50 bits per heavy atom. The monoisotopic (exact) mass is 431 g/mol. The molecule has 3 aromatic rings. The first-order chi connectivity index (χ1) is 12.5. The molecule has 0 aliphatic carbocycles. The van der Waals surface area contributed by atoms with Crippen LogP contribution in [0.3, 0.4) is 0 Å². The van der Waals surface area contributed by atoms with Crippen molar-refractivity contribution < 1.29 is 13.2 Å². The predicted octanol–water partition coefficient (Wildman–Crippen LogP) is 4.85. The van der Waals surface area contributed by atoms with Crippen molar-refractivity contribution >= 4 is 31.6 Å². The molecule has 0 bridgehead atoms. The van der Waals surface area contributed by atoms with Crippen LogP contribution in [-0.4, -0.2) is 15.5 Å². The number of sulfonamides is 1. The lowest BCUT2D eigenvalue weighted by atomic mass is 10.2. The average molecular weight is 432 g/mol. The fraction of sp³-hybridized carbons (Fsp3) is 0.100. The summed E-state index contributed by atoms with van der Waals surface area (Å²) in [7, 11) is -2.14. The Morgan fingerprint density at radius 1 is 0.885 bits per heavy atom. The van der Waals surface area contributed by atoms with Gasteiger partial charge in [0.05, 0.1) is 24.2 Å². The van der Waals surface area contributed by atoms with E-state index in [9.17, 15) is 8.42 Å². The van der Waals surface area contributed by atoms with Crippen molar-refractivity contribution in [1.29, 1.82) is 0 Å². The van der Waals surface area contributed by atoms with Crippen LogP contribution in [0.4, 0.5) is 5.69 Å². The zero-order chi connectivity index (χ0) is 18.6. The van der Waals surface area contributed by atoms with Crippen molar-refractivity contribution in [2.24, 2.45) is 0 Å². The van der Waals surface area contributed by atoms with Crippen molar-refractivity contribution in [2.45, 2.75) is 11.4 Å². The van der Waals surface area contributed by atoms with Gasteiger partial charge in [0.15, 0.2) is 0 Å². The van der Waals surface area contributed by atoms with Crippen molar-refractivity contribution in [3.63, 3.8) is 0 Å². The largest absolute Gasteiger partial charge is 0.497 e. The van der Waals surface area contributed by atoms with Crippen LogP contribution in [0.5, 0.6) is 5.75 Å². The summed E-state index contributed by atoms with van der Waals surface area (Å²) in [4.78, 5) is 0.243. The highest BCUT2D eigenvalue weighted by molar-refractivity contribution is 9.10. The average Bonchev–Trinajstić information content (AvgIpc) is 2.67. The molecule has 0 fully saturated rings. The molecule has 3 rings (SSSR count). The SMILES string of the molecule is COc1ccc(N(Cc2ccccc2)S(=O)(=O)c2ccc(Br)cc2)cc1. The number of anilines is 1. The van der Waals surface area contributed by atoms with Gasteiger partial charge in [0.1, 0.15) is 5.75 Å². The smallest absolute Gasteiger partial charge is 0.264 e. The molecule has 134 valence electrons. The Morgan fingerprint density at radius 3 is 2.08 bits per heavy atom. The van der Waals surface area contributed by atoms with E-state index >= 15 is 0 Å². The maximum Gasteiger partial charge on any atom is 0.264 e. The van der Waals surface area contributed by atoms with Gasteiger partial charge in [-0.3, -0.25) is 4.31 Å². The van der Waals surface area contributed by atoms with E-state index < -0.39 is 10.0 Å².